The number of nitrogens with two attached hydrogens (primary N) is 1. The van der Waals surface area contributed by atoms with Crippen molar-refractivity contribution in [2.75, 3.05) is 0 Å². The molecule has 1 atom stereocenters. The Kier molecular flexibility index (Phi) is 3.92. The van der Waals surface area contributed by atoms with Crippen LogP contribution in [0.2, 0.25) is 0 Å². The van der Waals surface area contributed by atoms with E-state index in [1.54, 1.807) is 0 Å². The second-order valence-electron chi connectivity index (χ2n) is 7.77. The maximum absolute atomic E-state index is 6.64. The van der Waals surface area contributed by atoms with Gasteiger partial charge in [0.15, 0.2) is 0 Å². The monoisotopic (exact) mass is 265 g/mol. The molecule has 2 saturated carbocycles. The number of rotatable bonds is 2. The molecule has 1 heterocycles. The highest BCUT2D eigenvalue weighted by molar-refractivity contribution is 4.97. The Labute approximate surface area is 118 Å². The zero-order valence-corrected chi connectivity index (χ0v) is 12.6. The molecule has 0 aromatic rings. The Morgan fingerprint density at radius 2 is 1.63 bits per heavy atom. The van der Waals surface area contributed by atoms with Gasteiger partial charge in [-0.05, 0) is 63.7 Å². The summed E-state index contributed by atoms with van der Waals surface area (Å²) in [6.45, 7) is 2.36. The van der Waals surface area contributed by atoms with E-state index in [1.807, 2.05) is 0 Å². The highest BCUT2D eigenvalue weighted by Crippen LogP contribution is 2.44. The standard InChI is InChI=1S/C17H31NO/c1-14-5-10-16(18,11-6-14)13-15-7-12-17(19-15)8-3-2-4-9-17/h14-15H,2-13,18H2,1H3. The second kappa shape index (κ2) is 5.37. The molecular formula is C17H31NO. The normalized spacial score (nSPS) is 42.6. The first-order chi connectivity index (χ1) is 9.09. The fourth-order valence-electron chi connectivity index (χ4n) is 4.60. The predicted octanol–water partition coefficient (Wildman–Crippen LogP) is 4.17. The molecule has 1 aliphatic heterocycles. The van der Waals surface area contributed by atoms with Crippen LogP contribution in [0.3, 0.4) is 0 Å². The van der Waals surface area contributed by atoms with Gasteiger partial charge in [0.05, 0.1) is 11.7 Å². The first kappa shape index (κ1) is 13.9. The Morgan fingerprint density at radius 1 is 0.947 bits per heavy atom. The van der Waals surface area contributed by atoms with Crippen LogP contribution >= 0.6 is 0 Å². The van der Waals surface area contributed by atoms with E-state index in [2.05, 4.69) is 6.92 Å². The third kappa shape index (κ3) is 3.16. The zero-order valence-electron chi connectivity index (χ0n) is 12.6. The highest BCUT2D eigenvalue weighted by Gasteiger charge is 2.43. The van der Waals surface area contributed by atoms with Crippen LogP contribution in [0.4, 0.5) is 0 Å². The summed E-state index contributed by atoms with van der Waals surface area (Å²) in [5.74, 6) is 0.880. The first-order valence-electron chi connectivity index (χ1n) is 8.56. The first-order valence-corrected chi connectivity index (χ1v) is 8.56. The van der Waals surface area contributed by atoms with Crippen LogP contribution < -0.4 is 5.73 Å². The molecule has 2 N–H and O–H groups in total. The molecule has 1 unspecified atom stereocenters. The van der Waals surface area contributed by atoms with E-state index < -0.39 is 0 Å². The minimum absolute atomic E-state index is 0.0807. The maximum atomic E-state index is 6.64. The summed E-state index contributed by atoms with van der Waals surface area (Å²) in [6.07, 6.45) is 15.9. The van der Waals surface area contributed by atoms with Crippen molar-refractivity contribution in [1.29, 1.82) is 0 Å². The third-order valence-electron chi connectivity index (χ3n) is 6.01. The lowest BCUT2D eigenvalue weighted by atomic mass is 9.74. The summed E-state index contributed by atoms with van der Waals surface area (Å²) in [7, 11) is 0. The molecular weight excluding hydrogens is 234 g/mol. The van der Waals surface area contributed by atoms with Crippen molar-refractivity contribution in [3.05, 3.63) is 0 Å². The SMILES string of the molecule is CC1CCC(N)(CC2CCC3(CCCCC3)O2)CC1. The van der Waals surface area contributed by atoms with E-state index in [-0.39, 0.29) is 11.1 Å². The molecule has 3 rings (SSSR count). The summed E-state index contributed by atoms with van der Waals surface area (Å²) >= 11 is 0. The van der Waals surface area contributed by atoms with Crippen LogP contribution in [0.1, 0.15) is 84.0 Å². The lowest BCUT2D eigenvalue weighted by Crippen LogP contribution is -2.46. The molecule has 1 spiro atoms. The van der Waals surface area contributed by atoms with E-state index in [0.717, 1.165) is 12.3 Å². The van der Waals surface area contributed by atoms with Crippen molar-refractivity contribution in [1.82, 2.24) is 0 Å². The third-order valence-corrected chi connectivity index (χ3v) is 6.01. The fraction of sp³-hybridized carbons (Fsp3) is 1.00. The molecule has 110 valence electrons. The summed E-state index contributed by atoms with van der Waals surface area (Å²) in [6, 6.07) is 0. The van der Waals surface area contributed by atoms with Crippen molar-refractivity contribution in [3.63, 3.8) is 0 Å². The van der Waals surface area contributed by atoms with Gasteiger partial charge in [-0.1, -0.05) is 26.2 Å². The Morgan fingerprint density at radius 3 is 2.32 bits per heavy atom. The van der Waals surface area contributed by atoms with Gasteiger partial charge in [-0.25, -0.2) is 0 Å². The van der Waals surface area contributed by atoms with E-state index >= 15 is 0 Å². The molecule has 0 aromatic heterocycles. The molecule has 3 aliphatic rings. The molecule has 3 fully saturated rings. The molecule has 2 aliphatic carbocycles. The quantitative estimate of drug-likeness (QED) is 0.813. The predicted molar refractivity (Wildman–Crippen MR) is 79.1 cm³/mol. The Bertz CT molecular complexity index is 300. The largest absolute Gasteiger partial charge is 0.372 e. The number of ether oxygens (including phenoxy) is 1. The lowest BCUT2D eigenvalue weighted by molar-refractivity contribution is -0.0732. The van der Waals surface area contributed by atoms with E-state index in [0.29, 0.717) is 6.10 Å². The van der Waals surface area contributed by atoms with Gasteiger partial charge in [-0.3, -0.25) is 0 Å². The minimum Gasteiger partial charge on any atom is -0.372 e. The van der Waals surface area contributed by atoms with E-state index in [9.17, 15) is 0 Å². The molecule has 2 heteroatoms. The average molecular weight is 265 g/mol. The average Bonchev–Trinajstić information content (AvgIpc) is 2.77. The van der Waals surface area contributed by atoms with Gasteiger partial charge in [-0.2, -0.15) is 0 Å². The van der Waals surface area contributed by atoms with Crippen LogP contribution in [0.5, 0.6) is 0 Å². The van der Waals surface area contributed by atoms with Crippen LogP contribution in [-0.4, -0.2) is 17.2 Å². The molecule has 1 saturated heterocycles. The van der Waals surface area contributed by atoms with Gasteiger partial charge in [-0.15, -0.1) is 0 Å². The van der Waals surface area contributed by atoms with Crippen molar-refractivity contribution in [2.24, 2.45) is 11.7 Å². The Hall–Kier alpha value is -0.0800. The zero-order chi connectivity index (χ0) is 13.3. The van der Waals surface area contributed by atoms with Gasteiger partial charge >= 0.3 is 0 Å². The summed E-state index contributed by atoms with van der Waals surface area (Å²) in [4.78, 5) is 0. The van der Waals surface area contributed by atoms with Crippen LogP contribution in [-0.2, 0) is 4.74 Å². The molecule has 0 bridgehead atoms. The second-order valence-corrected chi connectivity index (χ2v) is 7.77. The van der Waals surface area contributed by atoms with Gasteiger partial charge < -0.3 is 10.5 Å². The van der Waals surface area contributed by atoms with Gasteiger partial charge in [0.25, 0.3) is 0 Å². The van der Waals surface area contributed by atoms with Crippen molar-refractivity contribution in [3.8, 4) is 0 Å². The van der Waals surface area contributed by atoms with Crippen LogP contribution in [0, 0.1) is 5.92 Å². The van der Waals surface area contributed by atoms with Gasteiger partial charge in [0, 0.05) is 5.54 Å². The maximum Gasteiger partial charge on any atom is 0.0687 e. The fourth-order valence-corrected chi connectivity index (χ4v) is 4.60. The molecule has 0 aromatic carbocycles. The minimum atomic E-state index is 0.0807. The molecule has 2 nitrogen and oxygen atoms in total. The van der Waals surface area contributed by atoms with Crippen molar-refractivity contribution in [2.45, 2.75) is 101 Å². The van der Waals surface area contributed by atoms with Crippen LogP contribution in [0.25, 0.3) is 0 Å². The van der Waals surface area contributed by atoms with E-state index in [4.69, 9.17) is 10.5 Å². The Balaban J connectivity index is 1.54. The lowest BCUT2D eigenvalue weighted by Gasteiger charge is -2.39. The van der Waals surface area contributed by atoms with Gasteiger partial charge in [0.1, 0.15) is 0 Å². The van der Waals surface area contributed by atoms with Crippen molar-refractivity contribution >= 4 is 0 Å². The summed E-state index contributed by atoms with van der Waals surface area (Å²) in [5.41, 5.74) is 6.98. The van der Waals surface area contributed by atoms with Gasteiger partial charge in [0.2, 0.25) is 0 Å². The van der Waals surface area contributed by atoms with E-state index in [1.165, 1.54) is 70.6 Å². The summed E-state index contributed by atoms with van der Waals surface area (Å²) < 4.78 is 6.50. The number of hydrogen-bond acceptors (Lipinski definition) is 2. The molecule has 0 radical (unpaired) electrons. The molecule has 19 heavy (non-hydrogen) atoms. The topological polar surface area (TPSA) is 35.2 Å². The highest BCUT2D eigenvalue weighted by atomic mass is 16.5. The van der Waals surface area contributed by atoms with Crippen LogP contribution in [0.15, 0.2) is 0 Å². The smallest absolute Gasteiger partial charge is 0.0687 e. The number of hydrogen-bond donors (Lipinski definition) is 1. The van der Waals surface area contributed by atoms with Crippen molar-refractivity contribution < 1.29 is 4.74 Å². The molecule has 0 amide bonds. The summed E-state index contributed by atoms with van der Waals surface area (Å²) in [5, 5.41) is 0.